The fourth-order valence-corrected chi connectivity index (χ4v) is 3.18. The second-order valence-electron chi connectivity index (χ2n) is 6.51. The van der Waals surface area contributed by atoms with Crippen LogP contribution in [0.1, 0.15) is 5.56 Å². The van der Waals surface area contributed by atoms with E-state index in [0.29, 0.717) is 0 Å². The minimum Gasteiger partial charge on any atom is -0.483 e. The van der Waals surface area contributed by atoms with Gasteiger partial charge in [-0.2, -0.15) is 5.10 Å². The Hall–Kier alpha value is -2.87. The molecule has 0 spiro atoms. The first-order chi connectivity index (χ1) is 12.5. The van der Waals surface area contributed by atoms with Gasteiger partial charge in [0.2, 0.25) is 0 Å². The fourth-order valence-electron chi connectivity index (χ4n) is 3.18. The molecule has 0 unspecified atom stereocenters. The summed E-state index contributed by atoms with van der Waals surface area (Å²) in [5, 5.41) is 11.3. The van der Waals surface area contributed by atoms with Gasteiger partial charge in [0.25, 0.3) is 6.47 Å². The minimum atomic E-state index is -0.250. The number of likely N-dealkylation sites (N-methyl/N-ethyl adjacent to an activating group) is 1. The summed E-state index contributed by atoms with van der Waals surface area (Å²) in [5.74, 6) is 0.833. The Labute approximate surface area is 152 Å². The molecule has 2 aromatic heterocycles. The zero-order valence-corrected chi connectivity index (χ0v) is 15.3. The van der Waals surface area contributed by atoms with Gasteiger partial charge in [-0.05, 0) is 37.7 Å². The van der Waals surface area contributed by atoms with Crippen molar-refractivity contribution < 1.29 is 9.90 Å². The van der Waals surface area contributed by atoms with Crippen LogP contribution in [0.5, 0.6) is 0 Å². The maximum Gasteiger partial charge on any atom is 0.290 e. The topological polar surface area (TPSA) is 90.3 Å². The molecule has 0 amide bonds. The molecule has 1 saturated heterocycles. The van der Waals surface area contributed by atoms with Crippen molar-refractivity contribution in [2.75, 3.05) is 38.1 Å². The highest BCUT2D eigenvalue weighted by molar-refractivity contribution is 5.85. The highest BCUT2D eigenvalue weighted by Crippen LogP contribution is 2.27. The van der Waals surface area contributed by atoms with E-state index in [2.05, 4.69) is 46.0 Å². The molecule has 26 heavy (non-hydrogen) atoms. The number of aryl methyl sites for hydroxylation is 2. The van der Waals surface area contributed by atoms with Gasteiger partial charge in [-0.1, -0.05) is 0 Å². The molecule has 3 heterocycles. The van der Waals surface area contributed by atoms with Crippen LogP contribution in [0.2, 0.25) is 0 Å². The summed E-state index contributed by atoms with van der Waals surface area (Å²) in [7, 11) is 4.10. The van der Waals surface area contributed by atoms with E-state index in [1.54, 1.807) is 4.68 Å². The lowest BCUT2D eigenvalue weighted by molar-refractivity contribution is -0.122. The zero-order chi connectivity index (χ0) is 18.7. The van der Waals surface area contributed by atoms with Crippen molar-refractivity contribution >= 4 is 23.2 Å². The third-order valence-corrected chi connectivity index (χ3v) is 4.59. The lowest BCUT2D eigenvalue weighted by Gasteiger charge is -2.34. The van der Waals surface area contributed by atoms with Gasteiger partial charge < -0.3 is 19.9 Å². The molecule has 1 aromatic carbocycles. The Bertz CT molecular complexity index is 892. The maximum absolute atomic E-state index is 8.36. The van der Waals surface area contributed by atoms with Crippen LogP contribution in [0.3, 0.4) is 0 Å². The predicted octanol–water partition coefficient (Wildman–Crippen LogP) is 1.72. The summed E-state index contributed by atoms with van der Waals surface area (Å²) in [6.07, 6.45) is 1.94. The van der Waals surface area contributed by atoms with Crippen LogP contribution in [0.4, 0.5) is 5.69 Å². The van der Waals surface area contributed by atoms with Gasteiger partial charge in [0.1, 0.15) is 5.69 Å². The summed E-state index contributed by atoms with van der Waals surface area (Å²) in [6, 6.07) is 6.44. The lowest BCUT2D eigenvalue weighted by Crippen LogP contribution is -2.44. The number of fused-ring (bicyclic) bond motifs is 1. The number of nitrogens with zero attached hydrogens (tertiary/aromatic N) is 5. The predicted molar refractivity (Wildman–Crippen MR) is 101 cm³/mol. The van der Waals surface area contributed by atoms with Crippen LogP contribution >= 0.6 is 0 Å². The van der Waals surface area contributed by atoms with Gasteiger partial charge in [-0.25, -0.2) is 4.98 Å². The number of carbonyl (C=O) groups is 1. The molecule has 2 N–H and O–H groups in total. The first-order valence-corrected chi connectivity index (χ1v) is 8.53. The molecule has 4 rings (SSSR count). The second-order valence-corrected chi connectivity index (χ2v) is 6.51. The molecule has 0 saturated carbocycles. The number of aromatic amines is 1. The van der Waals surface area contributed by atoms with Crippen molar-refractivity contribution in [1.82, 2.24) is 24.6 Å². The Morgan fingerprint density at radius 1 is 1.19 bits per heavy atom. The largest absolute Gasteiger partial charge is 0.483 e. The number of benzene rings is 1. The number of aromatic nitrogens is 4. The first kappa shape index (κ1) is 17.9. The lowest BCUT2D eigenvalue weighted by atomic mass is 10.1. The van der Waals surface area contributed by atoms with Crippen molar-refractivity contribution in [3.63, 3.8) is 0 Å². The van der Waals surface area contributed by atoms with Gasteiger partial charge in [0.05, 0.1) is 11.0 Å². The molecular formula is C18H24N6O2. The van der Waals surface area contributed by atoms with Gasteiger partial charge >= 0.3 is 0 Å². The second kappa shape index (κ2) is 7.57. The molecule has 8 heteroatoms. The summed E-state index contributed by atoms with van der Waals surface area (Å²) < 4.78 is 1.80. The Kier molecular flexibility index (Phi) is 5.22. The number of nitrogens with one attached hydrogen (secondary N) is 1. The third kappa shape index (κ3) is 3.70. The molecular weight excluding hydrogens is 332 g/mol. The zero-order valence-electron chi connectivity index (χ0n) is 15.3. The van der Waals surface area contributed by atoms with Gasteiger partial charge in [0, 0.05) is 45.1 Å². The number of H-pyrrole nitrogens is 1. The summed E-state index contributed by atoms with van der Waals surface area (Å²) in [6.45, 7) is 6.24. The van der Waals surface area contributed by atoms with Crippen molar-refractivity contribution in [1.29, 1.82) is 0 Å². The Balaban J connectivity index is 0.000000613. The van der Waals surface area contributed by atoms with E-state index in [1.165, 1.54) is 11.3 Å². The molecule has 1 aliphatic rings. The van der Waals surface area contributed by atoms with Gasteiger partial charge in [-0.3, -0.25) is 9.48 Å². The van der Waals surface area contributed by atoms with Crippen molar-refractivity contribution in [2.45, 2.75) is 6.92 Å². The molecule has 8 nitrogen and oxygen atoms in total. The van der Waals surface area contributed by atoms with E-state index >= 15 is 0 Å². The molecule has 1 aliphatic heterocycles. The van der Waals surface area contributed by atoms with E-state index in [1.807, 2.05) is 19.3 Å². The van der Waals surface area contributed by atoms with Gasteiger partial charge in [0.15, 0.2) is 5.82 Å². The third-order valence-electron chi connectivity index (χ3n) is 4.59. The molecule has 0 aliphatic carbocycles. The van der Waals surface area contributed by atoms with Crippen LogP contribution in [0.25, 0.3) is 22.6 Å². The number of hydrogen-bond acceptors (Lipinski definition) is 5. The van der Waals surface area contributed by atoms with E-state index in [9.17, 15) is 0 Å². The Morgan fingerprint density at radius 2 is 1.88 bits per heavy atom. The number of carboxylic acid groups (broad SMARTS) is 1. The van der Waals surface area contributed by atoms with Gasteiger partial charge in [-0.15, -0.1) is 0 Å². The van der Waals surface area contributed by atoms with Crippen LogP contribution in [0.15, 0.2) is 24.4 Å². The number of piperazine rings is 1. The molecule has 0 bridgehead atoms. The quantitative estimate of drug-likeness (QED) is 0.680. The van der Waals surface area contributed by atoms with E-state index in [4.69, 9.17) is 14.9 Å². The number of hydrogen-bond donors (Lipinski definition) is 2. The molecule has 0 radical (unpaired) electrons. The normalized spacial score (nSPS) is 15.0. The van der Waals surface area contributed by atoms with Crippen LogP contribution in [-0.4, -0.2) is 69.5 Å². The van der Waals surface area contributed by atoms with Crippen molar-refractivity contribution in [3.05, 3.63) is 30.0 Å². The van der Waals surface area contributed by atoms with E-state index in [0.717, 1.165) is 48.7 Å². The Morgan fingerprint density at radius 3 is 2.50 bits per heavy atom. The summed E-state index contributed by atoms with van der Waals surface area (Å²) >= 11 is 0. The summed E-state index contributed by atoms with van der Waals surface area (Å²) in [5.41, 5.74) is 5.47. The molecule has 0 atom stereocenters. The molecule has 3 aromatic rings. The smallest absolute Gasteiger partial charge is 0.290 e. The monoisotopic (exact) mass is 356 g/mol. The van der Waals surface area contributed by atoms with Crippen molar-refractivity contribution in [3.8, 4) is 11.5 Å². The average Bonchev–Trinajstić information content (AvgIpc) is 3.22. The fraction of sp³-hybridized carbons (Fsp3) is 0.389. The van der Waals surface area contributed by atoms with Crippen LogP contribution in [0, 0.1) is 6.92 Å². The van der Waals surface area contributed by atoms with Crippen LogP contribution < -0.4 is 4.90 Å². The average molecular weight is 356 g/mol. The van der Waals surface area contributed by atoms with Crippen LogP contribution in [-0.2, 0) is 11.8 Å². The van der Waals surface area contributed by atoms with E-state index in [-0.39, 0.29) is 6.47 Å². The highest BCUT2D eigenvalue weighted by Gasteiger charge is 2.17. The highest BCUT2D eigenvalue weighted by atomic mass is 16.3. The number of anilines is 1. The number of imidazole rings is 1. The minimum absolute atomic E-state index is 0.250. The summed E-state index contributed by atoms with van der Waals surface area (Å²) in [4.78, 5) is 21.4. The molecule has 1 fully saturated rings. The molecule has 138 valence electrons. The van der Waals surface area contributed by atoms with Crippen molar-refractivity contribution in [2.24, 2.45) is 7.05 Å². The van der Waals surface area contributed by atoms with E-state index < -0.39 is 0 Å². The maximum atomic E-state index is 8.36. The first-order valence-electron chi connectivity index (χ1n) is 8.53. The SMILES string of the molecule is Cc1cc(N2CCN(C)CC2)cc2[nH]c(-c3ccn(C)n3)nc12.O=CO. The number of rotatable bonds is 2. The standard InChI is InChI=1S/C17H22N6.CH2O2/c1-12-10-13(23-8-6-21(2)7-9-23)11-15-16(12)19-17(18-15)14-4-5-22(3)20-14;2-1-3/h4-5,10-11H,6-9H2,1-3H3,(H,18,19);1H,(H,2,3).